The lowest BCUT2D eigenvalue weighted by atomic mass is 9.77. The van der Waals surface area contributed by atoms with Gasteiger partial charge in [-0.1, -0.05) is 36.9 Å². The van der Waals surface area contributed by atoms with Gasteiger partial charge in [-0.25, -0.2) is 0 Å². The Morgan fingerprint density at radius 3 is 2.47 bits per heavy atom. The molecule has 0 bridgehead atoms. The van der Waals surface area contributed by atoms with Gasteiger partial charge in [0.25, 0.3) is 0 Å². The molecule has 1 aliphatic rings. The van der Waals surface area contributed by atoms with Gasteiger partial charge in [0.2, 0.25) is 0 Å². The standard InChI is InChI=1S/C12H16ClNO/c13-10-5-4-9(8-11(10)15)12(14)6-2-1-3-7-12/h4-5,8,15H,1-3,6-7,14H2. The minimum atomic E-state index is -0.264. The molecule has 1 aromatic rings. The van der Waals surface area contributed by atoms with Crippen molar-refractivity contribution in [2.45, 2.75) is 37.6 Å². The van der Waals surface area contributed by atoms with E-state index in [4.69, 9.17) is 17.3 Å². The molecular formula is C12H16ClNO. The Balaban J connectivity index is 2.31. The van der Waals surface area contributed by atoms with Crippen molar-refractivity contribution < 1.29 is 5.11 Å². The summed E-state index contributed by atoms with van der Waals surface area (Å²) in [5, 5.41) is 9.94. The molecule has 0 spiro atoms. The van der Waals surface area contributed by atoms with E-state index in [-0.39, 0.29) is 11.3 Å². The van der Waals surface area contributed by atoms with Crippen LogP contribution < -0.4 is 5.73 Å². The van der Waals surface area contributed by atoms with Crippen LogP contribution >= 0.6 is 11.6 Å². The topological polar surface area (TPSA) is 46.2 Å². The lowest BCUT2D eigenvalue weighted by Gasteiger charge is -2.34. The van der Waals surface area contributed by atoms with Crippen LogP contribution in [0.5, 0.6) is 5.75 Å². The first-order valence-corrected chi connectivity index (χ1v) is 5.77. The van der Waals surface area contributed by atoms with E-state index in [1.807, 2.05) is 6.07 Å². The molecule has 0 aliphatic heterocycles. The van der Waals surface area contributed by atoms with Crippen LogP contribution in [0.25, 0.3) is 0 Å². The van der Waals surface area contributed by atoms with E-state index in [9.17, 15) is 5.11 Å². The van der Waals surface area contributed by atoms with Gasteiger partial charge in [0.05, 0.1) is 5.02 Å². The van der Waals surface area contributed by atoms with Crippen molar-refractivity contribution in [2.75, 3.05) is 0 Å². The molecule has 3 heteroatoms. The quantitative estimate of drug-likeness (QED) is 0.771. The fourth-order valence-corrected chi connectivity index (χ4v) is 2.41. The minimum absolute atomic E-state index is 0.129. The Morgan fingerprint density at radius 2 is 1.87 bits per heavy atom. The Bertz CT molecular complexity index is 359. The van der Waals surface area contributed by atoms with Gasteiger partial charge < -0.3 is 10.8 Å². The van der Waals surface area contributed by atoms with Crippen LogP contribution in [0.3, 0.4) is 0 Å². The first-order valence-electron chi connectivity index (χ1n) is 5.40. The van der Waals surface area contributed by atoms with Gasteiger partial charge in [-0.05, 0) is 30.5 Å². The molecule has 0 radical (unpaired) electrons. The summed E-state index contributed by atoms with van der Waals surface area (Å²) in [4.78, 5) is 0. The molecule has 1 aliphatic carbocycles. The fraction of sp³-hybridized carbons (Fsp3) is 0.500. The smallest absolute Gasteiger partial charge is 0.134 e. The molecule has 0 amide bonds. The zero-order valence-corrected chi connectivity index (χ0v) is 9.43. The summed E-state index contributed by atoms with van der Waals surface area (Å²) < 4.78 is 0. The first-order chi connectivity index (χ1) is 7.12. The second-order valence-corrected chi connectivity index (χ2v) is 4.79. The molecule has 0 saturated heterocycles. The van der Waals surface area contributed by atoms with Crippen molar-refractivity contribution in [1.82, 2.24) is 0 Å². The second-order valence-electron chi connectivity index (χ2n) is 4.38. The molecule has 1 fully saturated rings. The highest BCUT2D eigenvalue weighted by atomic mass is 35.5. The first kappa shape index (κ1) is 10.8. The van der Waals surface area contributed by atoms with Crippen LogP contribution in [0.1, 0.15) is 37.7 Å². The van der Waals surface area contributed by atoms with Crippen LogP contribution in [-0.4, -0.2) is 5.11 Å². The molecule has 0 heterocycles. The number of hydrogen-bond acceptors (Lipinski definition) is 2. The van der Waals surface area contributed by atoms with E-state index in [1.54, 1.807) is 12.1 Å². The van der Waals surface area contributed by atoms with Crippen LogP contribution in [-0.2, 0) is 5.54 Å². The van der Waals surface area contributed by atoms with Crippen molar-refractivity contribution in [3.63, 3.8) is 0 Å². The van der Waals surface area contributed by atoms with E-state index in [1.165, 1.54) is 19.3 Å². The fourth-order valence-electron chi connectivity index (χ4n) is 2.29. The summed E-state index contributed by atoms with van der Waals surface area (Å²) in [5.41, 5.74) is 7.09. The second kappa shape index (κ2) is 4.03. The SMILES string of the molecule is NC1(c2ccc(Cl)c(O)c2)CCCCC1. The van der Waals surface area contributed by atoms with Crippen molar-refractivity contribution >= 4 is 11.6 Å². The Morgan fingerprint density at radius 1 is 1.20 bits per heavy atom. The van der Waals surface area contributed by atoms with Gasteiger partial charge in [-0.15, -0.1) is 0 Å². The molecule has 1 aromatic carbocycles. The number of halogens is 1. The average Bonchev–Trinajstić information content (AvgIpc) is 2.23. The molecule has 82 valence electrons. The molecule has 0 aromatic heterocycles. The Labute approximate surface area is 95.1 Å². The van der Waals surface area contributed by atoms with Crippen LogP contribution in [0.15, 0.2) is 18.2 Å². The molecule has 3 N–H and O–H groups in total. The summed E-state index contributed by atoms with van der Waals surface area (Å²) >= 11 is 5.77. The predicted octanol–water partition coefficient (Wildman–Crippen LogP) is 3.16. The summed E-state index contributed by atoms with van der Waals surface area (Å²) in [6.45, 7) is 0. The molecule has 1 saturated carbocycles. The van der Waals surface area contributed by atoms with Gasteiger partial charge in [0.15, 0.2) is 0 Å². The van der Waals surface area contributed by atoms with E-state index in [2.05, 4.69) is 0 Å². The Hall–Kier alpha value is -0.730. The van der Waals surface area contributed by atoms with E-state index in [0.29, 0.717) is 5.02 Å². The number of phenolic OH excluding ortho intramolecular Hbond substituents is 1. The zero-order valence-electron chi connectivity index (χ0n) is 8.67. The molecule has 2 rings (SSSR count). The van der Waals surface area contributed by atoms with Crippen molar-refractivity contribution in [2.24, 2.45) is 5.73 Å². The van der Waals surface area contributed by atoms with E-state index in [0.717, 1.165) is 18.4 Å². The summed E-state index contributed by atoms with van der Waals surface area (Å²) in [5.74, 6) is 0.129. The zero-order chi connectivity index (χ0) is 10.9. The van der Waals surface area contributed by atoms with E-state index >= 15 is 0 Å². The van der Waals surface area contributed by atoms with E-state index < -0.39 is 0 Å². The monoisotopic (exact) mass is 225 g/mol. The maximum absolute atomic E-state index is 9.56. The maximum atomic E-state index is 9.56. The number of aromatic hydroxyl groups is 1. The number of benzene rings is 1. The lowest BCUT2D eigenvalue weighted by molar-refractivity contribution is 0.301. The molecule has 0 unspecified atom stereocenters. The predicted molar refractivity (Wildman–Crippen MR) is 62.1 cm³/mol. The lowest BCUT2D eigenvalue weighted by Crippen LogP contribution is -2.38. The number of rotatable bonds is 1. The van der Waals surface area contributed by atoms with Crippen LogP contribution in [0, 0.1) is 0 Å². The van der Waals surface area contributed by atoms with Gasteiger partial charge in [-0.3, -0.25) is 0 Å². The number of nitrogens with two attached hydrogens (primary N) is 1. The summed E-state index contributed by atoms with van der Waals surface area (Å²) in [6.07, 6.45) is 5.58. The minimum Gasteiger partial charge on any atom is -0.506 e. The molecular weight excluding hydrogens is 210 g/mol. The highest BCUT2D eigenvalue weighted by molar-refractivity contribution is 6.32. The van der Waals surface area contributed by atoms with Crippen molar-refractivity contribution in [3.05, 3.63) is 28.8 Å². The third-order valence-electron chi connectivity index (χ3n) is 3.27. The highest BCUT2D eigenvalue weighted by Crippen LogP contribution is 2.37. The third kappa shape index (κ3) is 2.11. The summed E-state index contributed by atoms with van der Waals surface area (Å²) in [7, 11) is 0. The van der Waals surface area contributed by atoms with Gasteiger partial charge in [-0.2, -0.15) is 0 Å². The largest absolute Gasteiger partial charge is 0.506 e. The van der Waals surface area contributed by atoms with Crippen molar-refractivity contribution in [3.8, 4) is 5.75 Å². The summed E-state index contributed by atoms with van der Waals surface area (Å²) in [6, 6.07) is 5.34. The van der Waals surface area contributed by atoms with Crippen LogP contribution in [0.4, 0.5) is 0 Å². The van der Waals surface area contributed by atoms with Gasteiger partial charge in [0, 0.05) is 5.54 Å². The van der Waals surface area contributed by atoms with Gasteiger partial charge >= 0.3 is 0 Å². The molecule has 0 atom stereocenters. The van der Waals surface area contributed by atoms with Crippen molar-refractivity contribution in [1.29, 1.82) is 0 Å². The molecule has 15 heavy (non-hydrogen) atoms. The highest BCUT2D eigenvalue weighted by Gasteiger charge is 2.29. The number of hydrogen-bond donors (Lipinski definition) is 2. The Kier molecular flexibility index (Phi) is 2.89. The third-order valence-corrected chi connectivity index (χ3v) is 3.59. The average molecular weight is 226 g/mol. The number of phenols is 1. The normalized spacial score (nSPS) is 20.1. The maximum Gasteiger partial charge on any atom is 0.134 e. The molecule has 2 nitrogen and oxygen atoms in total. The van der Waals surface area contributed by atoms with Gasteiger partial charge in [0.1, 0.15) is 5.75 Å². The van der Waals surface area contributed by atoms with Crippen LogP contribution in [0.2, 0.25) is 5.02 Å².